The Hall–Kier alpha value is -3.15. The summed E-state index contributed by atoms with van der Waals surface area (Å²) >= 11 is 0. The number of aromatic nitrogens is 2. The minimum absolute atomic E-state index is 0.0884. The summed E-state index contributed by atoms with van der Waals surface area (Å²) in [5, 5.41) is 3.26. The predicted molar refractivity (Wildman–Crippen MR) is 95.2 cm³/mol. The van der Waals surface area contributed by atoms with Gasteiger partial charge in [0.2, 0.25) is 5.43 Å². The van der Waals surface area contributed by atoms with Crippen LogP contribution in [0.15, 0.2) is 53.7 Å². The van der Waals surface area contributed by atoms with Gasteiger partial charge in [-0.25, -0.2) is 0 Å². The number of amides is 1. The number of ether oxygens (including phenoxy) is 1. The van der Waals surface area contributed by atoms with Crippen LogP contribution in [-0.4, -0.2) is 22.1 Å². The van der Waals surface area contributed by atoms with E-state index in [1.165, 1.54) is 0 Å². The average molecular weight is 335 g/mol. The Morgan fingerprint density at radius 1 is 1.32 bits per heavy atom. The molecule has 126 valence electrons. The molecule has 6 nitrogen and oxygen atoms in total. The summed E-state index contributed by atoms with van der Waals surface area (Å²) in [5.41, 5.74) is 1.19. The molecule has 6 heteroatoms. The van der Waals surface area contributed by atoms with Gasteiger partial charge in [-0.1, -0.05) is 13.0 Å². The molecule has 0 spiro atoms. The molecule has 1 aromatic carbocycles. The molecular formula is C19H17N3O3. The number of nitrogens with zero attached hydrogens (tertiary/aromatic N) is 2. The van der Waals surface area contributed by atoms with E-state index in [0.717, 1.165) is 11.9 Å². The van der Waals surface area contributed by atoms with Crippen molar-refractivity contribution in [1.82, 2.24) is 9.55 Å². The van der Waals surface area contributed by atoms with Gasteiger partial charge < -0.3 is 14.6 Å². The van der Waals surface area contributed by atoms with E-state index in [4.69, 9.17) is 4.74 Å². The molecule has 3 heterocycles. The van der Waals surface area contributed by atoms with Crippen molar-refractivity contribution in [3.8, 4) is 5.75 Å². The maximum absolute atomic E-state index is 12.9. The van der Waals surface area contributed by atoms with Gasteiger partial charge in [0.15, 0.2) is 0 Å². The summed E-state index contributed by atoms with van der Waals surface area (Å²) in [6.45, 7) is 2.58. The van der Waals surface area contributed by atoms with E-state index >= 15 is 0 Å². The topological polar surface area (TPSA) is 73.2 Å². The molecule has 0 saturated heterocycles. The first-order valence-electron chi connectivity index (χ1n) is 8.21. The van der Waals surface area contributed by atoms with Gasteiger partial charge >= 0.3 is 0 Å². The Kier molecular flexibility index (Phi) is 3.72. The molecule has 4 rings (SSSR count). The van der Waals surface area contributed by atoms with E-state index in [-0.39, 0.29) is 17.0 Å². The standard InChI is InChI=1S/C19H17N3O3/c1-2-13-11-25-16-5-3-4-14-17(16)22(13)10-15(18(14)23)19(24)21-12-6-8-20-9-7-12/h3-10,13H,2,11H2,1H3,(H,20,21,24). The summed E-state index contributed by atoms with van der Waals surface area (Å²) in [7, 11) is 0. The molecule has 1 amide bonds. The fourth-order valence-electron chi connectivity index (χ4n) is 3.16. The smallest absolute Gasteiger partial charge is 0.261 e. The first kappa shape index (κ1) is 15.4. The highest BCUT2D eigenvalue weighted by molar-refractivity contribution is 6.06. The molecular weight excluding hydrogens is 318 g/mol. The Balaban J connectivity index is 1.87. The lowest BCUT2D eigenvalue weighted by Crippen LogP contribution is -2.29. The largest absolute Gasteiger partial charge is 0.489 e. The molecule has 2 aromatic heterocycles. The number of hydrogen-bond donors (Lipinski definition) is 1. The highest BCUT2D eigenvalue weighted by Crippen LogP contribution is 2.32. The number of pyridine rings is 2. The van der Waals surface area contributed by atoms with Gasteiger partial charge in [-0.15, -0.1) is 0 Å². The van der Waals surface area contributed by atoms with Gasteiger partial charge in [0.25, 0.3) is 5.91 Å². The summed E-state index contributed by atoms with van der Waals surface area (Å²) in [5.74, 6) is 0.258. The third-order valence-electron chi connectivity index (χ3n) is 4.49. The van der Waals surface area contributed by atoms with Crippen molar-refractivity contribution >= 4 is 22.5 Å². The van der Waals surface area contributed by atoms with Crippen molar-refractivity contribution in [2.45, 2.75) is 19.4 Å². The number of carbonyl (C=O) groups is 1. The Morgan fingerprint density at radius 2 is 2.12 bits per heavy atom. The SMILES string of the molecule is CCC1COc2cccc3c(=O)c(C(=O)Nc4ccncc4)cn1c23. The van der Waals surface area contributed by atoms with Crippen LogP contribution >= 0.6 is 0 Å². The van der Waals surface area contributed by atoms with E-state index in [1.54, 1.807) is 42.9 Å². The van der Waals surface area contributed by atoms with Crippen LogP contribution in [0.3, 0.4) is 0 Å². The van der Waals surface area contributed by atoms with Gasteiger partial charge in [0, 0.05) is 24.3 Å². The van der Waals surface area contributed by atoms with Crippen molar-refractivity contribution in [2.75, 3.05) is 11.9 Å². The van der Waals surface area contributed by atoms with E-state index in [0.29, 0.717) is 23.4 Å². The van der Waals surface area contributed by atoms with Crippen LogP contribution in [0, 0.1) is 0 Å². The highest BCUT2D eigenvalue weighted by atomic mass is 16.5. The van der Waals surface area contributed by atoms with Crippen LogP contribution in [0.25, 0.3) is 10.9 Å². The minimum Gasteiger partial charge on any atom is -0.489 e. The minimum atomic E-state index is -0.423. The second-order valence-corrected chi connectivity index (χ2v) is 5.99. The molecule has 0 bridgehead atoms. The lowest BCUT2D eigenvalue weighted by Gasteiger charge is -2.28. The number of hydrogen-bond acceptors (Lipinski definition) is 4. The summed E-state index contributed by atoms with van der Waals surface area (Å²) in [6.07, 6.45) is 5.67. The Labute approximate surface area is 144 Å². The third kappa shape index (κ3) is 2.55. The van der Waals surface area contributed by atoms with Crippen LogP contribution < -0.4 is 15.5 Å². The van der Waals surface area contributed by atoms with Crippen molar-refractivity contribution in [1.29, 1.82) is 0 Å². The lowest BCUT2D eigenvalue weighted by atomic mass is 10.1. The highest BCUT2D eigenvalue weighted by Gasteiger charge is 2.24. The summed E-state index contributed by atoms with van der Waals surface area (Å²) in [6, 6.07) is 8.82. The average Bonchev–Trinajstić information content (AvgIpc) is 2.65. The summed E-state index contributed by atoms with van der Waals surface area (Å²) in [4.78, 5) is 29.4. The fourth-order valence-corrected chi connectivity index (χ4v) is 3.16. The molecule has 3 aromatic rings. The number of benzene rings is 1. The molecule has 0 saturated carbocycles. The van der Waals surface area contributed by atoms with Crippen molar-refractivity contribution in [3.05, 3.63) is 64.7 Å². The van der Waals surface area contributed by atoms with E-state index < -0.39 is 5.91 Å². The molecule has 0 aliphatic carbocycles. The van der Waals surface area contributed by atoms with Gasteiger partial charge in [0.05, 0.1) is 16.9 Å². The zero-order valence-corrected chi connectivity index (χ0v) is 13.7. The second-order valence-electron chi connectivity index (χ2n) is 5.99. The van der Waals surface area contributed by atoms with Crippen LogP contribution in [0.1, 0.15) is 29.7 Å². The van der Waals surface area contributed by atoms with Gasteiger partial charge in [-0.05, 0) is 30.7 Å². The van der Waals surface area contributed by atoms with Crippen molar-refractivity contribution in [3.63, 3.8) is 0 Å². The zero-order valence-electron chi connectivity index (χ0n) is 13.7. The predicted octanol–water partition coefficient (Wildman–Crippen LogP) is 2.99. The fraction of sp³-hybridized carbons (Fsp3) is 0.211. The van der Waals surface area contributed by atoms with E-state index in [1.807, 2.05) is 10.6 Å². The number of carbonyl (C=O) groups excluding carboxylic acids is 1. The van der Waals surface area contributed by atoms with Gasteiger partial charge in [0.1, 0.15) is 17.9 Å². The van der Waals surface area contributed by atoms with Gasteiger partial charge in [-0.3, -0.25) is 14.6 Å². The second kappa shape index (κ2) is 6.05. The molecule has 25 heavy (non-hydrogen) atoms. The number of nitrogens with one attached hydrogen (secondary N) is 1. The first-order valence-corrected chi connectivity index (χ1v) is 8.21. The first-order chi connectivity index (χ1) is 12.2. The number of rotatable bonds is 3. The summed E-state index contributed by atoms with van der Waals surface area (Å²) < 4.78 is 7.78. The van der Waals surface area contributed by atoms with Crippen LogP contribution in [0.4, 0.5) is 5.69 Å². The normalized spacial score (nSPS) is 15.6. The molecule has 1 aliphatic heterocycles. The van der Waals surface area contributed by atoms with Crippen LogP contribution in [0.2, 0.25) is 0 Å². The molecule has 1 atom stereocenters. The van der Waals surface area contributed by atoms with Crippen LogP contribution in [0.5, 0.6) is 5.75 Å². The van der Waals surface area contributed by atoms with Crippen molar-refractivity contribution in [2.24, 2.45) is 0 Å². The Morgan fingerprint density at radius 3 is 2.88 bits per heavy atom. The maximum Gasteiger partial charge on any atom is 0.261 e. The third-order valence-corrected chi connectivity index (χ3v) is 4.49. The van der Waals surface area contributed by atoms with E-state index in [9.17, 15) is 9.59 Å². The van der Waals surface area contributed by atoms with Crippen molar-refractivity contribution < 1.29 is 9.53 Å². The monoisotopic (exact) mass is 335 g/mol. The molecule has 1 unspecified atom stereocenters. The number of para-hydroxylation sites is 1. The maximum atomic E-state index is 12.9. The molecule has 1 N–H and O–H groups in total. The van der Waals surface area contributed by atoms with Crippen LogP contribution in [-0.2, 0) is 0 Å². The molecule has 0 fully saturated rings. The molecule has 1 aliphatic rings. The lowest BCUT2D eigenvalue weighted by molar-refractivity contribution is 0.102. The van der Waals surface area contributed by atoms with Gasteiger partial charge in [-0.2, -0.15) is 0 Å². The van der Waals surface area contributed by atoms with E-state index in [2.05, 4.69) is 17.2 Å². The number of anilines is 1. The molecule has 0 radical (unpaired) electrons. The quantitative estimate of drug-likeness (QED) is 0.798. The zero-order chi connectivity index (χ0) is 17.4. The Bertz CT molecular complexity index is 1010.